The number of carbonyl (C=O) groups is 1. The number of hydrogen-bond donors (Lipinski definition) is 1. The molecule has 122 valence electrons. The molecule has 2 heterocycles. The highest BCUT2D eigenvalue weighted by molar-refractivity contribution is 7.86. The average molecular weight is 319 g/mol. The predicted molar refractivity (Wildman–Crippen MR) is 79.2 cm³/mol. The van der Waals surface area contributed by atoms with Gasteiger partial charge in [0.15, 0.2) is 0 Å². The minimum Gasteiger partial charge on any atom is -0.481 e. The molecular weight excluding hydrogens is 294 g/mol. The first-order valence-corrected chi connectivity index (χ1v) is 8.98. The second-order valence-corrected chi connectivity index (χ2v) is 7.91. The highest BCUT2D eigenvalue weighted by atomic mass is 32.2. The maximum absolute atomic E-state index is 12.5. The second kappa shape index (κ2) is 7.04. The zero-order chi connectivity index (χ0) is 15.5. The van der Waals surface area contributed by atoms with E-state index >= 15 is 0 Å². The van der Waals surface area contributed by atoms with Crippen molar-refractivity contribution in [3.63, 3.8) is 0 Å². The Morgan fingerprint density at radius 2 is 1.90 bits per heavy atom. The zero-order valence-electron chi connectivity index (χ0n) is 12.6. The highest BCUT2D eigenvalue weighted by Gasteiger charge is 2.34. The molecule has 0 aromatic carbocycles. The average Bonchev–Trinajstić information content (AvgIpc) is 2.99. The smallest absolute Gasteiger partial charge is 0.304 e. The third-order valence-electron chi connectivity index (χ3n) is 4.38. The van der Waals surface area contributed by atoms with Crippen molar-refractivity contribution in [1.29, 1.82) is 0 Å². The Morgan fingerprint density at radius 1 is 1.24 bits per heavy atom. The molecule has 7 nitrogen and oxygen atoms in total. The molecule has 2 aliphatic heterocycles. The van der Waals surface area contributed by atoms with E-state index in [0.717, 1.165) is 30.2 Å². The fourth-order valence-corrected chi connectivity index (χ4v) is 4.54. The molecule has 21 heavy (non-hydrogen) atoms. The Labute approximate surface area is 126 Å². The Morgan fingerprint density at radius 3 is 2.52 bits per heavy atom. The van der Waals surface area contributed by atoms with Crippen molar-refractivity contribution in [2.45, 2.75) is 38.1 Å². The molecule has 1 atom stereocenters. The molecule has 2 aliphatic rings. The lowest BCUT2D eigenvalue weighted by atomic mass is 10.1. The molecule has 0 spiro atoms. The molecule has 0 aromatic heterocycles. The fourth-order valence-electron chi connectivity index (χ4n) is 3.10. The van der Waals surface area contributed by atoms with E-state index in [9.17, 15) is 13.2 Å². The largest absolute Gasteiger partial charge is 0.481 e. The topological polar surface area (TPSA) is 81.2 Å². The lowest BCUT2D eigenvalue weighted by Gasteiger charge is -2.38. The van der Waals surface area contributed by atoms with Gasteiger partial charge in [-0.15, -0.1) is 0 Å². The summed E-state index contributed by atoms with van der Waals surface area (Å²) in [7, 11) is -2.09. The summed E-state index contributed by atoms with van der Waals surface area (Å²) < 4.78 is 27.7. The number of piperidine rings is 1. The first-order valence-electron chi connectivity index (χ1n) is 7.58. The summed E-state index contributed by atoms with van der Waals surface area (Å²) in [4.78, 5) is 13.0. The normalized spacial score (nSPS) is 25.5. The van der Waals surface area contributed by atoms with Crippen molar-refractivity contribution in [2.75, 3.05) is 39.8 Å². The van der Waals surface area contributed by atoms with Gasteiger partial charge in [-0.2, -0.15) is 17.0 Å². The number of carboxylic acids is 1. The van der Waals surface area contributed by atoms with Crippen molar-refractivity contribution in [2.24, 2.45) is 0 Å². The Bertz CT molecular complexity index is 462. The number of carboxylic acid groups (broad SMARTS) is 1. The van der Waals surface area contributed by atoms with Crippen LogP contribution in [0.3, 0.4) is 0 Å². The molecule has 0 aliphatic carbocycles. The van der Waals surface area contributed by atoms with E-state index in [-0.39, 0.29) is 13.0 Å². The van der Waals surface area contributed by atoms with Crippen molar-refractivity contribution in [3.05, 3.63) is 0 Å². The maximum atomic E-state index is 12.5. The number of nitrogens with zero attached hydrogens (tertiary/aromatic N) is 3. The molecule has 8 heteroatoms. The number of likely N-dealkylation sites (tertiary alicyclic amines) is 1. The van der Waals surface area contributed by atoms with E-state index < -0.39 is 16.2 Å². The highest BCUT2D eigenvalue weighted by Crippen LogP contribution is 2.23. The van der Waals surface area contributed by atoms with Gasteiger partial charge in [0, 0.05) is 32.7 Å². The van der Waals surface area contributed by atoms with Gasteiger partial charge in [-0.3, -0.25) is 9.69 Å². The third kappa shape index (κ3) is 4.15. The van der Waals surface area contributed by atoms with Gasteiger partial charge >= 0.3 is 5.97 Å². The fraction of sp³-hybridized carbons (Fsp3) is 0.923. The SMILES string of the molecule is CN(CCC(=O)O)S(=O)(=O)N1CCCC(N2CCCC2)C1. The van der Waals surface area contributed by atoms with Crippen LogP contribution >= 0.6 is 0 Å². The lowest BCUT2D eigenvalue weighted by molar-refractivity contribution is -0.137. The standard InChI is InChI=1S/C13H25N3O4S/c1-14(10-6-13(17)18)21(19,20)16-9-4-5-12(11-16)15-7-2-3-8-15/h12H,2-11H2,1H3,(H,17,18). The van der Waals surface area contributed by atoms with Crippen LogP contribution in [0.4, 0.5) is 0 Å². The third-order valence-corrected chi connectivity index (χ3v) is 6.33. The van der Waals surface area contributed by atoms with Crippen LogP contribution < -0.4 is 0 Å². The number of aliphatic carboxylic acids is 1. The van der Waals surface area contributed by atoms with Crippen molar-refractivity contribution < 1.29 is 18.3 Å². The molecule has 0 amide bonds. The van der Waals surface area contributed by atoms with Crippen LogP contribution in [0.25, 0.3) is 0 Å². The van der Waals surface area contributed by atoms with Gasteiger partial charge in [0.05, 0.1) is 6.42 Å². The maximum Gasteiger partial charge on any atom is 0.304 e. The number of hydrogen-bond acceptors (Lipinski definition) is 4. The van der Waals surface area contributed by atoms with Gasteiger partial charge in [0.1, 0.15) is 0 Å². The first kappa shape index (κ1) is 16.7. The van der Waals surface area contributed by atoms with Crippen molar-refractivity contribution >= 4 is 16.2 Å². The quantitative estimate of drug-likeness (QED) is 0.756. The summed E-state index contributed by atoms with van der Waals surface area (Å²) in [6.45, 7) is 3.20. The Kier molecular flexibility index (Phi) is 5.59. The van der Waals surface area contributed by atoms with E-state index in [2.05, 4.69) is 4.90 Å². The van der Waals surface area contributed by atoms with Crippen molar-refractivity contribution in [3.8, 4) is 0 Å². The van der Waals surface area contributed by atoms with Crippen LogP contribution in [0, 0.1) is 0 Å². The van der Waals surface area contributed by atoms with Gasteiger partial charge < -0.3 is 5.11 Å². The minimum absolute atomic E-state index is 0.0164. The minimum atomic E-state index is -3.54. The molecule has 1 unspecified atom stereocenters. The van der Waals surface area contributed by atoms with Gasteiger partial charge in [-0.05, 0) is 38.8 Å². The molecule has 0 saturated carbocycles. The van der Waals surface area contributed by atoms with Crippen LogP contribution in [-0.4, -0.2) is 78.8 Å². The second-order valence-electron chi connectivity index (χ2n) is 5.87. The number of rotatable bonds is 6. The monoisotopic (exact) mass is 319 g/mol. The molecule has 0 radical (unpaired) electrons. The van der Waals surface area contributed by atoms with Crippen molar-refractivity contribution in [1.82, 2.24) is 13.5 Å². The van der Waals surface area contributed by atoms with E-state index in [1.54, 1.807) is 0 Å². The van der Waals surface area contributed by atoms with E-state index in [1.807, 2.05) is 0 Å². The Balaban J connectivity index is 1.96. The summed E-state index contributed by atoms with van der Waals surface area (Å²) in [5.41, 5.74) is 0. The molecule has 2 fully saturated rings. The van der Waals surface area contributed by atoms with Crippen LogP contribution in [0.15, 0.2) is 0 Å². The van der Waals surface area contributed by atoms with Crippen LogP contribution in [0.2, 0.25) is 0 Å². The van der Waals surface area contributed by atoms with Gasteiger partial charge in [-0.1, -0.05) is 0 Å². The molecule has 1 N–H and O–H groups in total. The van der Waals surface area contributed by atoms with E-state index in [1.165, 1.54) is 24.2 Å². The van der Waals surface area contributed by atoms with Gasteiger partial charge in [0.2, 0.25) is 0 Å². The van der Waals surface area contributed by atoms with Crippen LogP contribution in [-0.2, 0) is 15.0 Å². The zero-order valence-corrected chi connectivity index (χ0v) is 13.4. The molecule has 2 rings (SSSR count). The summed E-state index contributed by atoms with van der Waals surface area (Å²) >= 11 is 0. The molecule has 0 aromatic rings. The van der Waals surface area contributed by atoms with E-state index in [0.29, 0.717) is 19.1 Å². The lowest BCUT2D eigenvalue weighted by Crippen LogP contribution is -2.52. The summed E-state index contributed by atoms with van der Waals surface area (Å²) in [5.74, 6) is -0.981. The Hall–Kier alpha value is -0.700. The summed E-state index contributed by atoms with van der Waals surface area (Å²) in [5, 5.41) is 8.68. The summed E-state index contributed by atoms with van der Waals surface area (Å²) in [6.07, 6.45) is 4.14. The summed E-state index contributed by atoms with van der Waals surface area (Å²) in [6, 6.07) is 0.309. The first-order chi connectivity index (χ1) is 9.91. The predicted octanol–water partition coefficient (Wildman–Crippen LogP) is 0.198. The molecule has 0 bridgehead atoms. The molecule has 2 saturated heterocycles. The van der Waals surface area contributed by atoms with E-state index in [4.69, 9.17) is 5.11 Å². The van der Waals surface area contributed by atoms with Gasteiger partial charge in [0.25, 0.3) is 10.2 Å². The van der Waals surface area contributed by atoms with Gasteiger partial charge in [-0.25, -0.2) is 0 Å². The van der Waals surface area contributed by atoms with Crippen LogP contribution in [0.1, 0.15) is 32.1 Å². The molecular formula is C13H25N3O4S. The van der Waals surface area contributed by atoms with Crippen LogP contribution in [0.5, 0.6) is 0 Å².